The third kappa shape index (κ3) is 1.61. The maximum Gasteiger partial charge on any atom is 0.354 e. The van der Waals surface area contributed by atoms with Gasteiger partial charge >= 0.3 is 5.97 Å². The number of nitrogens with zero attached hydrogens (tertiary/aromatic N) is 3. The van der Waals surface area contributed by atoms with Gasteiger partial charge in [0.15, 0.2) is 0 Å². The molecule has 12 heavy (non-hydrogen) atoms. The molecule has 1 aromatic heterocycles. The van der Waals surface area contributed by atoms with Gasteiger partial charge in [0.25, 0.3) is 0 Å². The van der Waals surface area contributed by atoms with Crippen molar-refractivity contribution in [2.24, 2.45) is 0 Å². The number of aryl methyl sites for hydroxylation is 1. The van der Waals surface area contributed by atoms with Crippen LogP contribution in [-0.4, -0.2) is 20.9 Å². The normalized spacial score (nSPS) is 9.25. The van der Waals surface area contributed by atoms with E-state index in [0.29, 0.717) is 6.54 Å². The highest BCUT2D eigenvalue weighted by Gasteiger charge is 2.08. The van der Waals surface area contributed by atoms with Crippen LogP contribution in [0.1, 0.15) is 16.9 Å². The summed E-state index contributed by atoms with van der Waals surface area (Å²) in [6.07, 6.45) is 1.67. The van der Waals surface area contributed by atoms with E-state index in [1.54, 1.807) is 0 Å². The predicted octanol–water partition coefficient (Wildman–Crippen LogP) is 0.495. The molecule has 1 rings (SSSR count). The van der Waals surface area contributed by atoms with Crippen molar-refractivity contribution >= 4 is 5.97 Å². The van der Waals surface area contributed by atoms with Crippen molar-refractivity contribution in [3.8, 4) is 6.07 Å². The average Bonchev–Trinajstić information content (AvgIpc) is 2.48. The first kappa shape index (κ1) is 8.27. The first-order valence-electron chi connectivity index (χ1n) is 3.37. The number of carboxylic acid groups (broad SMARTS) is 1. The lowest BCUT2D eigenvalue weighted by atomic mass is 10.4. The third-order valence-corrected chi connectivity index (χ3v) is 1.37. The minimum atomic E-state index is -1.02. The highest BCUT2D eigenvalue weighted by atomic mass is 16.4. The van der Waals surface area contributed by atoms with Crippen LogP contribution in [0, 0.1) is 11.3 Å². The summed E-state index contributed by atoms with van der Waals surface area (Å²) in [7, 11) is 0. The molecule has 1 heterocycles. The van der Waals surface area contributed by atoms with Gasteiger partial charge in [-0.3, -0.25) is 4.68 Å². The Morgan fingerprint density at radius 1 is 1.83 bits per heavy atom. The molecule has 0 aliphatic heterocycles. The Balaban J connectivity index is 2.79. The largest absolute Gasteiger partial charge is 0.477 e. The number of rotatable bonds is 3. The second-order valence-electron chi connectivity index (χ2n) is 2.15. The van der Waals surface area contributed by atoms with Crippen LogP contribution < -0.4 is 0 Å². The fraction of sp³-hybridized carbons (Fsp3) is 0.286. The summed E-state index contributed by atoms with van der Waals surface area (Å²) in [5.74, 6) is -1.02. The molecular weight excluding hydrogens is 158 g/mol. The topological polar surface area (TPSA) is 78.9 Å². The maximum atomic E-state index is 10.5. The first-order chi connectivity index (χ1) is 5.75. The Labute approximate surface area is 68.8 Å². The molecule has 0 saturated heterocycles. The molecule has 0 aliphatic carbocycles. The van der Waals surface area contributed by atoms with Crippen LogP contribution in [0.4, 0.5) is 0 Å². The summed E-state index contributed by atoms with van der Waals surface area (Å²) < 4.78 is 1.30. The van der Waals surface area contributed by atoms with Gasteiger partial charge in [-0.05, 0) is 6.07 Å². The van der Waals surface area contributed by atoms with Gasteiger partial charge < -0.3 is 5.11 Å². The van der Waals surface area contributed by atoms with Crippen LogP contribution in [0.3, 0.4) is 0 Å². The monoisotopic (exact) mass is 165 g/mol. The molecule has 0 aliphatic rings. The van der Waals surface area contributed by atoms with Crippen molar-refractivity contribution in [1.82, 2.24) is 9.78 Å². The van der Waals surface area contributed by atoms with Crippen LogP contribution in [0.5, 0.6) is 0 Å². The molecule has 5 nitrogen and oxygen atoms in total. The lowest BCUT2D eigenvalue weighted by molar-refractivity contribution is 0.0683. The Bertz CT molecular complexity index is 324. The van der Waals surface area contributed by atoms with Crippen molar-refractivity contribution in [1.29, 1.82) is 5.26 Å². The molecule has 0 bridgehead atoms. The number of hydrogen-bond donors (Lipinski definition) is 1. The van der Waals surface area contributed by atoms with E-state index in [4.69, 9.17) is 10.4 Å². The van der Waals surface area contributed by atoms with Crippen molar-refractivity contribution in [2.75, 3.05) is 0 Å². The standard InChI is InChI=1S/C7H7N3O2/c8-3-1-5-10-6(7(11)12)2-4-9-10/h2,4H,1,5H2,(H,11,12). The van der Waals surface area contributed by atoms with E-state index in [1.165, 1.54) is 16.9 Å². The molecule has 0 atom stereocenters. The molecule has 5 heteroatoms. The molecule has 1 N–H and O–H groups in total. The quantitative estimate of drug-likeness (QED) is 0.707. The maximum absolute atomic E-state index is 10.5. The SMILES string of the molecule is N#CCCn1nccc1C(=O)O. The van der Waals surface area contributed by atoms with Crippen LogP contribution in [0.15, 0.2) is 12.3 Å². The summed E-state index contributed by atoms with van der Waals surface area (Å²) in [6, 6.07) is 3.32. The lowest BCUT2D eigenvalue weighted by Gasteiger charge is -1.98. The second kappa shape index (κ2) is 3.53. The molecule has 0 saturated carbocycles. The molecule has 1 aromatic rings. The summed E-state index contributed by atoms with van der Waals surface area (Å²) in [5.41, 5.74) is 0.116. The minimum Gasteiger partial charge on any atom is -0.477 e. The Hall–Kier alpha value is -1.83. The van der Waals surface area contributed by atoms with E-state index < -0.39 is 5.97 Å². The smallest absolute Gasteiger partial charge is 0.354 e. The van der Waals surface area contributed by atoms with E-state index in [1.807, 2.05) is 6.07 Å². The number of hydrogen-bond acceptors (Lipinski definition) is 3. The number of aromatic carboxylic acids is 1. The van der Waals surface area contributed by atoms with Gasteiger partial charge in [0.2, 0.25) is 0 Å². The molecule has 0 amide bonds. The molecule has 0 radical (unpaired) electrons. The van der Waals surface area contributed by atoms with E-state index >= 15 is 0 Å². The Morgan fingerprint density at radius 2 is 2.58 bits per heavy atom. The van der Waals surface area contributed by atoms with Crippen molar-refractivity contribution in [3.63, 3.8) is 0 Å². The molecule has 62 valence electrons. The molecule has 0 fully saturated rings. The number of aromatic nitrogens is 2. The lowest BCUT2D eigenvalue weighted by Crippen LogP contribution is -2.09. The third-order valence-electron chi connectivity index (χ3n) is 1.37. The van der Waals surface area contributed by atoms with E-state index in [9.17, 15) is 4.79 Å². The van der Waals surface area contributed by atoms with Gasteiger partial charge in [-0.25, -0.2) is 4.79 Å². The fourth-order valence-electron chi connectivity index (χ4n) is 0.848. The van der Waals surface area contributed by atoms with Gasteiger partial charge in [0.05, 0.1) is 19.0 Å². The second-order valence-corrected chi connectivity index (χ2v) is 2.15. The van der Waals surface area contributed by atoms with Crippen LogP contribution in [-0.2, 0) is 6.54 Å². The van der Waals surface area contributed by atoms with Crippen LogP contribution >= 0.6 is 0 Å². The average molecular weight is 165 g/mol. The molecule has 0 spiro atoms. The summed E-state index contributed by atoms with van der Waals surface area (Å²) in [5, 5.41) is 20.6. The predicted molar refractivity (Wildman–Crippen MR) is 39.4 cm³/mol. The van der Waals surface area contributed by atoms with E-state index in [-0.39, 0.29) is 12.1 Å². The van der Waals surface area contributed by atoms with E-state index in [0.717, 1.165) is 0 Å². The summed E-state index contributed by atoms with van der Waals surface area (Å²) in [6.45, 7) is 0.325. The molecule has 0 aromatic carbocycles. The number of carbonyl (C=O) groups is 1. The Morgan fingerprint density at radius 3 is 3.17 bits per heavy atom. The van der Waals surface area contributed by atoms with Crippen LogP contribution in [0.2, 0.25) is 0 Å². The highest BCUT2D eigenvalue weighted by molar-refractivity contribution is 5.85. The van der Waals surface area contributed by atoms with Crippen molar-refractivity contribution in [3.05, 3.63) is 18.0 Å². The highest BCUT2D eigenvalue weighted by Crippen LogP contribution is 1.99. The molecule has 0 unspecified atom stereocenters. The van der Waals surface area contributed by atoms with Gasteiger partial charge in [-0.15, -0.1) is 0 Å². The van der Waals surface area contributed by atoms with Gasteiger partial charge in [0, 0.05) is 6.20 Å². The zero-order valence-electron chi connectivity index (χ0n) is 6.27. The van der Waals surface area contributed by atoms with Crippen molar-refractivity contribution < 1.29 is 9.90 Å². The summed E-state index contributed by atoms with van der Waals surface area (Å²) in [4.78, 5) is 10.5. The molecular formula is C7H7N3O2. The van der Waals surface area contributed by atoms with E-state index in [2.05, 4.69) is 5.10 Å². The van der Waals surface area contributed by atoms with Gasteiger partial charge in [-0.1, -0.05) is 0 Å². The van der Waals surface area contributed by atoms with Crippen molar-refractivity contribution in [2.45, 2.75) is 13.0 Å². The van der Waals surface area contributed by atoms with Gasteiger partial charge in [0.1, 0.15) is 5.69 Å². The summed E-state index contributed by atoms with van der Waals surface area (Å²) >= 11 is 0. The first-order valence-corrected chi connectivity index (χ1v) is 3.37. The zero-order valence-corrected chi connectivity index (χ0v) is 6.27. The fourth-order valence-corrected chi connectivity index (χ4v) is 0.848. The van der Waals surface area contributed by atoms with Gasteiger partial charge in [-0.2, -0.15) is 10.4 Å². The number of carboxylic acids is 1. The van der Waals surface area contributed by atoms with Crippen LogP contribution in [0.25, 0.3) is 0 Å². The zero-order chi connectivity index (χ0) is 8.97. The Kier molecular flexibility index (Phi) is 2.43. The number of nitriles is 1. The minimum absolute atomic E-state index is 0.116.